The van der Waals surface area contributed by atoms with Crippen molar-refractivity contribution in [3.63, 3.8) is 0 Å². The van der Waals surface area contributed by atoms with E-state index in [9.17, 15) is 13.2 Å². The summed E-state index contributed by atoms with van der Waals surface area (Å²) in [6.07, 6.45) is 1.88. The molecule has 102 valence electrons. The van der Waals surface area contributed by atoms with E-state index < -0.39 is 15.8 Å². The average Bonchev–Trinajstić information content (AvgIpc) is 2.75. The Hall–Kier alpha value is -1.30. The number of esters is 1. The molecule has 0 bridgehead atoms. The topological polar surface area (TPSA) is 73.6 Å². The second kappa shape index (κ2) is 5.14. The van der Waals surface area contributed by atoms with Gasteiger partial charge in [0, 0.05) is 6.26 Å². The zero-order valence-corrected chi connectivity index (χ0v) is 11.8. The highest BCUT2D eigenvalue weighted by Crippen LogP contribution is 2.21. The molecule has 0 spiro atoms. The molecule has 1 heterocycles. The number of sulfone groups is 1. The highest BCUT2D eigenvalue weighted by atomic mass is 32.2. The first-order valence-electron chi connectivity index (χ1n) is 5.63. The van der Waals surface area contributed by atoms with Crippen molar-refractivity contribution in [2.24, 2.45) is 5.41 Å². The van der Waals surface area contributed by atoms with E-state index in [-0.39, 0.29) is 22.9 Å². The molecule has 0 saturated carbocycles. The number of rotatable bonds is 5. The maximum atomic E-state index is 11.6. The van der Waals surface area contributed by atoms with E-state index in [1.54, 1.807) is 0 Å². The molecule has 0 amide bonds. The minimum Gasteiger partial charge on any atom is -0.459 e. The number of ether oxygens (including phenoxy) is 1. The van der Waals surface area contributed by atoms with Crippen molar-refractivity contribution in [1.82, 2.24) is 0 Å². The SMILES string of the molecule is CCC(C)(C)COC(=O)c1ccc(S(C)(=O)=O)o1. The molecule has 0 aromatic carbocycles. The van der Waals surface area contributed by atoms with Gasteiger partial charge in [0.25, 0.3) is 0 Å². The lowest BCUT2D eigenvalue weighted by Crippen LogP contribution is -2.20. The minimum absolute atomic E-state index is 0.0951. The van der Waals surface area contributed by atoms with E-state index in [2.05, 4.69) is 0 Å². The van der Waals surface area contributed by atoms with Gasteiger partial charge in [-0.25, -0.2) is 13.2 Å². The zero-order chi connectivity index (χ0) is 14.0. The molecule has 0 aliphatic rings. The third-order valence-electron chi connectivity index (χ3n) is 2.70. The predicted octanol–water partition coefficient (Wildman–Crippen LogP) is 2.28. The van der Waals surface area contributed by atoms with Gasteiger partial charge in [-0.1, -0.05) is 20.8 Å². The van der Waals surface area contributed by atoms with Gasteiger partial charge in [0.05, 0.1) is 6.61 Å². The van der Waals surface area contributed by atoms with Gasteiger partial charge in [0.2, 0.25) is 20.7 Å². The second-order valence-corrected chi connectivity index (χ2v) is 6.93. The second-order valence-electron chi connectivity index (χ2n) is 4.98. The molecule has 1 aromatic heterocycles. The quantitative estimate of drug-likeness (QED) is 0.770. The Kier molecular flexibility index (Phi) is 4.21. The van der Waals surface area contributed by atoms with E-state index in [4.69, 9.17) is 9.15 Å². The van der Waals surface area contributed by atoms with Gasteiger partial charge in [-0.05, 0) is 24.0 Å². The molecule has 0 atom stereocenters. The lowest BCUT2D eigenvalue weighted by molar-refractivity contribution is 0.0296. The van der Waals surface area contributed by atoms with Gasteiger partial charge >= 0.3 is 5.97 Å². The Bertz CT molecular complexity index is 524. The summed E-state index contributed by atoms with van der Waals surface area (Å²) in [4.78, 5) is 11.6. The molecule has 6 heteroatoms. The van der Waals surface area contributed by atoms with Crippen LogP contribution in [0.5, 0.6) is 0 Å². The molecule has 0 saturated heterocycles. The lowest BCUT2D eigenvalue weighted by atomic mass is 9.92. The van der Waals surface area contributed by atoms with Crippen molar-refractivity contribution in [2.75, 3.05) is 12.9 Å². The van der Waals surface area contributed by atoms with Crippen LogP contribution in [0.1, 0.15) is 37.7 Å². The van der Waals surface area contributed by atoms with Crippen LogP contribution in [-0.2, 0) is 14.6 Å². The van der Waals surface area contributed by atoms with Crippen molar-refractivity contribution >= 4 is 15.8 Å². The molecular weight excluding hydrogens is 256 g/mol. The Morgan fingerprint density at radius 3 is 2.44 bits per heavy atom. The molecule has 1 aromatic rings. The van der Waals surface area contributed by atoms with Crippen LogP contribution in [0.4, 0.5) is 0 Å². The molecular formula is C12H18O5S. The van der Waals surface area contributed by atoms with Gasteiger partial charge in [-0.3, -0.25) is 0 Å². The summed E-state index contributed by atoms with van der Waals surface area (Å²) in [5.41, 5.74) is -0.109. The standard InChI is InChI=1S/C12H18O5S/c1-5-12(2,3)8-16-11(13)9-6-7-10(17-9)18(4,14)15/h6-7H,5,8H2,1-4H3. The summed E-state index contributed by atoms with van der Waals surface area (Å²) in [6.45, 7) is 6.22. The van der Waals surface area contributed by atoms with Crippen LogP contribution in [0.25, 0.3) is 0 Å². The Morgan fingerprint density at radius 2 is 2.00 bits per heavy atom. The molecule has 0 radical (unpaired) electrons. The number of hydrogen-bond donors (Lipinski definition) is 0. The van der Waals surface area contributed by atoms with Crippen LogP contribution in [0.3, 0.4) is 0 Å². The monoisotopic (exact) mass is 274 g/mol. The summed E-state index contributed by atoms with van der Waals surface area (Å²) < 4.78 is 32.4. The van der Waals surface area contributed by atoms with Crippen molar-refractivity contribution in [3.05, 3.63) is 17.9 Å². The van der Waals surface area contributed by atoms with E-state index >= 15 is 0 Å². The smallest absolute Gasteiger partial charge is 0.374 e. The van der Waals surface area contributed by atoms with Crippen LogP contribution in [-0.4, -0.2) is 27.2 Å². The number of carbonyl (C=O) groups excluding carboxylic acids is 1. The van der Waals surface area contributed by atoms with E-state index in [0.717, 1.165) is 12.7 Å². The van der Waals surface area contributed by atoms with Crippen molar-refractivity contribution in [2.45, 2.75) is 32.3 Å². The van der Waals surface area contributed by atoms with Crippen LogP contribution in [0.2, 0.25) is 0 Å². The molecule has 0 unspecified atom stereocenters. The zero-order valence-electron chi connectivity index (χ0n) is 11.0. The fraction of sp³-hybridized carbons (Fsp3) is 0.583. The van der Waals surface area contributed by atoms with Crippen molar-refractivity contribution in [1.29, 1.82) is 0 Å². The number of furan rings is 1. The molecule has 5 nitrogen and oxygen atoms in total. The molecule has 0 aliphatic carbocycles. The fourth-order valence-corrected chi connectivity index (χ4v) is 1.62. The molecule has 0 fully saturated rings. The first-order chi connectivity index (χ1) is 8.15. The summed E-state index contributed by atoms with van der Waals surface area (Å²) in [7, 11) is -3.44. The highest BCUT2D eigenvalue weighted by molar-refractivity contribution is 7.90. The summed E-state index contributed by atoms with van der Waals surface area (Å²) in [5.74, 6) is -0.742. The fourth-order valence-electron chi connectivity index (χ4n) is 1.06. The molecule has 0 aliphatic heterocycles. The lowest BCUT2D eigenvalue weighted by Gasteiger charge is -2.21. The number of carbonyl (C=O) groups is 1. The third kappa shape index (κ3) is 3.87. The highest BCUT2D eigenvalue weighted by Gasteiger charge is 2.21. The van der Waals surface area contributed by atoms with Crippen LogP contribution < -0.4 is 0 Å². The van der Waals surface area contributed by atoms with Crippen LogP contribution in [0.15, 0.2) is 21.6 Å². The molecule has 0 N–H and O–H groups in total. The average molecular weight is 274 g/mol. The summed E-state index contributed by atoms with van der Waals surface area (Å²) in [5, 5.41) is -0.232. The maximum Gasteiger partial charge on any atom is 0.374 e. The van der Waals surface area contributed by atoms with Crippen molar-refractivity contribution < 1.29 is 22.4 Å². The normalized spacial score (nSPS) is 12.4. The Labute approximate surface area is 107 Å². The van der Waals surface area contributed by atoms with Gasteiger partial charge in [0.1, 0.15) is 0 Å². The third-order valence-corrected chi connectivity index (χ3v) is 3.65. The Morgan fingerprint density at radius 1 is 1.39 bits per heavy atom. The maximum absolute atomic E-state index is 11.6. The van der Waals surface area contributed by atoms with Crippen LogP contribution in [0, 0.1) is 5.41 Å². The van der Waals surface area contributed by atoms with Gasteiger partial charge in [0.15, 0.2) is 0 Å². The van der Waals surface area contributed by atoms with Gasteiger partial charge < -0.3 is 9.15 Å². The summed E-state index contributed by atoms with van der Waals surface area (Å²) >= 11 is 0. The van der Waals surface area contributed by atoms with E-state index in [1.165, 1.54) is 12.1 Å². The van der Waals surface area contributed by atoms with Gasteiger partial charge in [-0.2, -0.15) is 0 Å². The summed E-state index contributed by atoms with van der Waals surface area (Å²) in [6, 6.07) is 2.55. The largest absolute Gasteiger partial charge is 0.459 e. The first kappa shape index (κ1) is 14.8. The van der Waals surface area contributed by atoms with Gasteiger partial charge in [-0.15, -0.1) is 0 Å². The predicted molar refractivity (Wildman–Crippen MR) is 66.2 cm³/mol. The van der Waals surface area contributed by atoms with E-state index in [0.29, 0.717) is 0 Å². The Balaban J connectivity index is 2.72. The van der Waals surface area contributed by atoms with Crippen molar-refractivity contribution in [3.8, 4) is 0 Å². The number of hydrogen-bond acceptors (Lipinski definition) is 5. The molecule has 1 rings (SSSR count). The molecule has 18 heavy (non-hydrogen) atoms. The minimum atomic E-state index is -3.44. The van der Waals surface area contributed by atoms with Crippen LogP contribution >= 0.6 is 0 Å². The first-order valence-corrected chi connectivity index (χ1v) is 7.52. The van der Waals surface area contributed by atoms with E-state index in [1.807, 2.05) is 20.8 Å².